The molecule has 0 atom stereocenters. The summed E-state index contributed by atoms with van der Waals surface area (Å²) in [5, 5.41) is 8.12. The second kappa shape index (κ2) is 3.73. The molecule has 0 heterocycles. The maximum absolute atomic E-state index is 12.8. The second-order valence-electron chi connectivity index (χ2n) is 2.32. The van der Waals surface area contributed by atoms with E-state index < -0.39 is 19.8 Å². The van der Waals surface area contributed by atoms with E-state index in [4.69, 9.17) is 27.5 Å². The highest BCUT2D eigenvalue weighted by Gasteiger charge is 2.19. The average Bonchev–Trinajstić information content (AvgIpc) is 2.06. The fraction of sp³-hybridized carbons (Fsp3) is 0. The second-order valence-corrected chi connectivity index (χ2v) is 5.23. The summed E-state index contributed by atoms with van der Waals surface area (Å²) in [4.78, 5) is -0.600. The third-order valence-electron chi connectivity index (χ3n) is 1.39. The molecule has 14 heavy (non-hydrogen) atoms. The van der Waals surface area contributed by atoms with Gasteiger partial charge in [-0.05, 0) is 12.1 Å². The van der Waals surface area contributed by atoms with Gasteiger partial charge in [-0.2, -0.15) is 5.26 Å². The van der Waals surface area contributed by atoms with Crippen molar-refractivity contribution < 1.29 is 12.8 Å². The summed E-state index contributed by atoms with van der Waals surface area (Å²) in [7, 11) is 0.837. The molecule has 0 aromatic heterocycles. The molecule has 7 heteroatoms. The first kappa shape index (κ1) is 11.2. The number of nitrogens with zero attached hydrogens (tertiary/aromatic N) is 1. The van der Waals surface area contributed by atoms with Crippen molar-refractivity contribution >= 4 is 31.3 Å². The van der Waals surface area contributed by atoms with Gasteiger partial charge >= 0.3 is 0 Å². The summed E-state index contributed by atoms with van der Waals surface area (Å²) >= 11 is 5.51. The molecule has 3 nitrogen and oxygen atoms in total. The lowest BCUT2D eigenvalue weighted by Gasteiger charge is -2.01. The Balaban J connectivity index is 3.64. The van der Waals surface area contributed by atoms with E-state index in [2.05, 4.69) is 0 Å². The first-order chi connectivity index (χ1) is 6.36. The largest absolute Gasteiger partial charge is 0.262 e. The van der Waals surface area contributed by atoms with E-state index in [1.807, 2.05) is 0 Å². The molecule has 74 valence electrons. The molecule has 1 rings (SSSR count). The Morgan fingerprint density at radius 1 is 1.43 bits per heavy atom. The van der Waals surface area contributed by atoms with Crippen LogP contribution in [0.15, 0.2) is 17.0 Å². The molecule has 1 aromatic carbocycles. The van der Waals surface area contributed by atoms with Crippen LogP contribution in [0.25, 0.3) is 0 Å². The number of nitriles is 1. The lowest BCUT2D eigenvalue weighted by Crippen LogP contribution is -1.95. The smallest absolute Gasteiger partial charge is 0.207 e. The third-order valence-corrected chi connectivity index (χ3v) is 3.25. The van der Waals surface area contributed by atoms with E-state index >= 15 is 0 Å². The molecule has 0 aliphatic heterocycles. The summed E-state index contributed by atoms with van der Waals surface area (Å²) in [6.07, 6.45) is 0. The van der Waals surface area contributed by atoms with Gasteiger partial charge in [0.15, 0.2) is 0 Å². The van der Waals surface area contributed by atoms with Gasteiger partial charge < -0.3 is 0 Å². The van der Waals surface area contributed by atoms with E-state index in [9.17, 15) is 12.8 Å². The molecule has 0 saturated heterocycles. The Bertz CT molecular complexity index is 521. The molecule has 0 spiro atoms. The normalized spacial score (nSPS) is 11.0. The monoisotopic (exact) mass is 253 g/mol. The van der Waals surface area contributed by atoms with E-state index in [0.29, 0.717) is 6.07 Å². The van der Waals surface area contributed by atoms with Gasteiger partial charge in [-0.15, -0.1) is 0 Å². The van der Waals surface area contributed by atoms with Gasteiger partial charge in [0, 0.05) is 10.7 Å². The van der Waals surface area contributed by atoms with Gasteiger partial charge in [-0.1, -0.05) is 11.6 Å². The Morgan fingerprint density at radius 2 is 2.00 bits per heavy atom. The van der Waals surface area contributed by atoms with Crippen molar-refractivity contribution in [2.75, 3.05) is 0 Å². The van der Waals surface area contributed by atoms with E-state index in [1.54, 1.807) is 6.07 Å². The highest BCUT2D eigenvalue weighted by molar-refractivity contribution is 8.13. The molecule has 0 aliphatic carbocycles. The molecule has 0 unspecified atom stereocenters. The van der Waals surface area contributed by atoms with Gasteiger partial charge in [0.25, 0.3) is 9.05 Å². The molecule has 1 aromatic rings. The van der Waals surface area contributed by atoms with Crippen LogP contribution in [0.5, 0.6) is 0 Å². The first-order valence-corrected chi connectivity index (χ1v) is 5.89. The lowest BCUT2D eigenvalue weighted by molar-refractivity contribution is 0.602. The minimum absolute atomic E-state index is 0.272. The predicted octanol–water partition coefficient (Wildman–Crippen LogP) is 2.28. The molecular weight excluding hydrogens is 252 g/mol. The maximum Gasteiger partial charge on any atom is 0.262 e. The van der Waals surface area contributed by atoms with Crippen LogP contribution in [0, 0.1) is 17.1 Å². The van der Waals surface area contributed by atoms with Crippen molar-refractivity contribution in [2.24, 2.45) is 0 Å². The SMILES string of the molecule is N#Cc1cc(F)cc(S(=O)(=O)Cl)c1Cl. The standard InChI is InChI=1S/C7H2Cl2FNO2S/c8-7-4(3-11)1-5(10)2-6(7)14(9,12)13/h1-2H. The topological polar surface area (TPSA) is 57.9 Å². The van der Waals surface area contributed by atoms with E-state index in [-0.39, 0.29) is 10.6 Å². The maximum atomic E-state index is 12.8. The van der Waals surface area contributed by atoms with Crippen molar-refractivity contribution in [3.63, 3.8) is 0 Å². The number of halogens is 3. The van der Waals surface area contributed by atoms with Crippen LogP contribution in [-0.2, 0) is 9.05 Å². The molecule has 0 amide bonds. The van der Waals surface area contributed by atoms with Gasteiger partial charge in [0.2, 0.25) is 0 Å². The minimum Gasteiger partial charge on any atom is -0.207 e. The van der Waals surface area contributed by atoms with Crippen molar-refractivity contribution in [3.05, 3.63) is 28.5 Å². The zero-order valence-corrected chi connectivity index (χ0v) is 8.79. The average molecular weight is 254 g/mol. The summed E-state index contributed by atoms with van der Waals surface area (Å²) in [6.45, 7) is 0. The van der Waals surface area contributed by atoms with Crippen LogP contribution in [0.3, 0.4) is 0 Å². The zero-order valence-electron chi connectivity index (χ0n) is 6.46. The molecule has 0 fully saturated rings. The molecule has 0 N–H and O–H groups in total. The van der Waals surface area contributed by atoms with E-state index in [1.165, 1.54) is 0 Å². The third kappa shape index (κ3) is 2.15. The van der Waals surface area contributed by atoms with E-state index in [0.717, 1.165) is 6.07 Å². The van der Waals surface area contributed by atoms with Gasteiger partial charge in [-0.3, -0.25) is 0 Å². The summed E-state index contributed by atoms with van der Waals surface area (Å²) < 4.78 is 34.6. The van der Waals surface area contributed by atoms with Gasteiger partial charge in [-0.25, -0.2) is 12.8 Å². The Morgan fingerprint density at radius 3 is 2.43 bits per heavy atom. The molecule has 0 radical (unpaired) electrons. The number of hydrogen-bond acceptors (Lipinski definition) is 3. The quantitative estimate of drug-likeness (QED) is 0.722. The summed E-state index contributed by atoms with van der Waals surface area (Å²) in [5.74, 6) is -0.884. The fourth-order valence-corrected chi connectivity index (χ4v) is 2.34. The highest BCUT2D eigenvalue weighted by Crippen LogP contribution is 2.28. The van der Waals surface area contributed by atoms with Gasteiger partial charge in [0.1, 0.15) is 16.8 Å². The lowest BCUT2D eigenvalue weighted by atomic mass is 10.2. The Labute approximate surface area is 89.1 Å². The molecule has 0 saturated carbocycles. The van der Waals surface area contributed by atoms with Crippen LogP contribution in [0.1, 0.15) is 5.56 Å². The molecule has 0 aliphatic rings. The van der Waals surface area contributed by atoms with Crippen LogP contribution in [0.2, 0.25) is 5.02 Å². The number of benzene rings is 1. The predicted molar refractivity (Wildman–Crippen MR) is 49.2 cm³/mol. The first-order valence-electron chi connectivity index (χ1n) is 3.20. The Kier molecular flexibility index (Phi) is 3.00. The zero-order chi connectivity index (χ0) is 10.9. The van der Waals surface area contributed by atoms with Crippen LogP contribution >= 0.6 is 22.3 Å². The van der Waals surface area contributed by atoms with Crippen molar-refractivity contribution in [2.45, 2.75) is 4.90 Å². The fourth-order valence-electron chi connectivity index (χ4n) is 0.823. The minimum atomic E-state index is -4.14. The Hall–Kier alpha value is -0.830. The van der Waals surface area contributed by atoms with Crippen LogP contribution < -0.4 is 0 Å². The number of rotatable bonds is 1. The van der Waals surface area contributed by atoms with Crippen molar-refractivity contribution in [1.82, 2.24) is 0 Å². The van der Waals surface area contributed by atoms with Crippen LogP contribution in [-0.4, -0.2) is 8.42 Å². The van der Waals surface area contributed by atoms with Crippen molar-refractivity contribution in [3.8, 4) is 6.07 Å². The summed E-state index contributed by atoms with van der Waals surface area (Å²) in [5.41, 5.74) is -0.272. The van der Waals surface area contributed by atoms with Gasteiger partial charge in [0.05, 0.1) is 10.6 Å². The molecular formula is C7H2Cl2FNO2S. The summed E-state index contributed by atoms with van der Waals surface area (Å²) in [6, 6.07) is 3.04. The number of hydrogen-bond donors (Lipinski definition) is 0. The van der Waals surface area contributed by atoms with Crippen molar-refractivity contribution in [1.29, 1.82) is 5.26 Å². The molecule has 0 bridgehead atoms. The highest BCUT2D eigenvalue weighted by atomic mass is 35.7. The van der Waals surface area contributed by atoms with Crippen LogP contribution in [0.4, 0.5) is 4.39 Å².